The number of rotatable bonds is 6. The number of benzene rings is 1. The number of aromatic nitrogens is 2. The Morgan fingerprint density at radius 1 is 1.00 bits per heavy atom. The van der Waals surface area contributed by atoms with Crippen molar-refractivity contribution in [1.29, 1.82) is 0 Å². The zero-order chi connectivity index (χ0) is 14.5. The zero-order valence-corrected chi connectivity index (χ0v) is 10.9. The third-order valence-electron chi connectivity index (χ3n) is 3.22. The largest absolute Gasteiger partial charge is 0.481 e. The van der Waals surface area contributed by atoms with E-state index in [9.17, 15) is 14.4 Å². The van der Waals surface area contributed by atoms with E-state index in [1.807, 2.05) is 6.07 Å². The van der Waals surface area contributed by atoms with Crippen LogP contribution in [0.15, 0.2) is 27.8 Å². The second-order valence-corrected chi connectivity index (χ2v) is 4.74. The molecule has 0 saturated carbocycles. The number of unbranched alkanes of at least 4 members (excludes halogenated alkanes) is 2. The van der Waals surface area contributed by atoms with Crippen molar-refractivity contribution in [3.63, 3.8) is 0 Å². The summed E-state index contributed by atoms with van der Waals surface area (Å²) in [5.74, 6) is -0.776. The summed E-state index contributed by atoms with van der Waals surface area (Å²) in [6.45, 7) is 0. The molecule has 0 aliphatic rings. The van der Waals surface area contributed by atoms with Gasteiger partial charge >= 0.3 is 5.97 Å². The molecule has 3 N–H and O–H groups in total. The number of aliphatic carboxylic acids is 1. The molecule has 0 atom stereocenters. The Kier molecular flexibility index (Phi) is 4.34. The second-order valence-electron chi connectivity index (χ2n) is 4.74. The predicted molar refractivity (Wildman–Crippen MR) is 75.0 cm³/mol. The van der Waals surface area contributed by atoms with E-state index in [1.165, 1.54) is 0 Å². The van der Waals surface area contributed by atoms with Gasteiger partial charge < -0.3 is 5.11 Å². The Bertz CT molecular complexity index is 730. The maximum absolute atomic E-state index is 11.6. The fraction of sp³-hybridized carbons (Fsp3) is 0.357. The standard InChI is InChI=1S/C14H16N2O4/c17-12(18)5-3-1-2-4-9-6-7-10-11(8-9)14(20)16-15-13(10)19/h6-8H,1-5H2,(H,15,19)(H,16,20)(H,17,18). The van der Waals surface area contributed by atoms with Crippen molar-refractivity contribution in [1.82, 2.24) is 10.2 Å². The molecule has 20 heavy (non-hydrogen) atoms. The third kappa shape index (κ3) is 3.34. The SMILES string of the molecule is O=C(O)CCCCCc1ccc2c(=O)[nH][nH]c(=O)c2c1. The van der Waals surface area contributed by atoms with E-state index in [2.05, 4.69) is 10.2 Å². The Morgan fingerprint density at radius 3 is 2.40 bits per heavy atom. The van der Waals surface area contributed by atoms with Crippen LogP contribution < -0.4 is 11.1 Å². The first kappa shape index (κ1) is 14.0. The molecule has 1 aromatic heterocycles. The molecule has 2 rings (SSSR count). The van der Waals surface area contributed by atoms with Gasteiger partial charge in [-0.3, -0.25) is 24.6 Å². The number of hydrogen-bond acceptors (Lipinski definition) is 3. The van der Waals surface area contributed by atoms with Crippen LogP contribution in [0.2, 0.25) is 0 Å². The Morgan fingerprint density at radius 2 is 1.70 bits per heavy atom. The van der Waals surface area contributed by atoms with E-state index in [4.69, 9.17) is 5.11 Å². The topological polar surface area (TPSA) is 103 Å². The van der Waals surface area contributed by atoms with Gasteiger partial charge in [0.15, 0.2) is 0 Å². The maximum Gasteiger partial charge on any atom is 0.303 e. The molecule has 0 amide bonds. The van der Waals surface area contributed by atoms with Crippen molar-refractivity contribution in [2.24, 2.45) is 0 Å². The van der Waals surface area contributed by atoms with Crippen LogP contribution in [-0.4, -0.2) is 21.3 Å². The maximum atomic E-state index is 11.6. The van der Waals surface area contributed by atoms with Crippen molar-refractivity contribution in [2.45, 2.75) is 32.1 Å². The van der Waals surface area contributed by atoms with Crippen LogP contribution in [0.25, 0.3) is 10.8 Å². The van der Waals surface area contributed by atoms with Crippen LogP contribution in [0.5, 0.6) is 0 Å². The van der Waals surface area contributed by atoms with Gasteiger partial charge in [0.05, 0.1) is 10.8 Å². The fourth-order valence-corrected chi connectivity index (χ4v) is 2.16. The highest BCUT2D eigenvalue weighted by Gasteiger charge is 2.04. The molecular weight excluding hydrogens is 260 g/mol. The molecule has 0 spiro atoms. The number of aromatic amines is 2. The Hall–Kier alpha value is -2.37. The van der Waals surface area contributed by atoms with E-state index in [-0.39, 0.29) is 17.5 Å². The van der Waals surface area contributed by atoms with Crippen LogP contribution in [0.4, 0.5) is 0 Å². The summed E-state index contributed by atoms with van der Waals surface area (Å²) >= 11 is 0. The predicted octanol–water partition coefficient (Wildman–Crippen LogP) is 1.40. The number of H-pyrrole nitrogens is 2. The molecule has 6 nitrogen and oxygen atoms in total. The fourth-order valence-electron chi connectivity index (χ4n) is 2.16. The zero-order valence-electron chi connectivity index (χ0n) is 10.9. The van der Waals surface area contributed by atoms with E-state index in [1.54, 1.807) is 12.1 Å². The van der Waals surface area contributed by atoms with Crippen LogP contribution in [0, 0.1) is 0 Å². The minimum Gasteiger partial charge on any atom is -0.481 e. The number of hydrogen-bond donors (Lipinski definition) is 3. The summed E-state index contributed by atoms with van der Waals surface area (Å²) in [6.07, 6.45) is 3.30. The van der Waals surface area contributed by atoms with Crippen molar-refractivity contribution in [2.75, 3.05) is 0 Å². The quantitative estimate of drug-likeness (QED) is 0.694. The molecule has 1 aromatic carbocycles. The van der Waals surface area contributed by atoms with Gasteiger partial charge in [0.1, 0.15) is 0 Å². The average Bonchev–Trinajstić information content (AvgIpc) is 2.42. The molecular formula is C14H16N2O4. The summed E-state index contributed by atoms with van der Waals surface area (Å²) in [6, 6.07) is 5.20. The lowest BCUT2D eigenvalue weighted by atomic mass is 10.0. The number of aryl methyl sites for hydroxylation is 1. The summed E-state index contributed by atoms with van der Waals surface area (Å²) in [7, 11) is 0. The van der Waals surface area contributed by atoms with Crippen molar-refractivity contribution in [3.8, 4) is 0 Å². The van der Waals surface area contributed by atoms with E-state index >= 15 is 0 Å². The number of fused-ring (bicyclic) bond motifs is 1. The van der Waals surface area contributed by atoms with E-state index < -0.39 is 5.97 Å². The highest BCUT2D eigenvalue weighted by atomic mass is 16.4. The highest BCUT2D eigenvalue weighted by Crippen LogP contribution is 2.12. The van der Waals surface area contributed by atoms with Gasteiger partial charge in [0, 0.05) is 6.42 Å². The lowest BCUT2D eigenvalue weighted by Gasteiger charge is -2.03. The lowest BCUT2D eigenvalue weighted by Crippen LogP contribution is -2.18. The molecule has 0 radical (unpaired) electrons. The molecule has 0 unspecified atom stereocenters. The summed E-state index contributed by atoms with van der Waals surface area (Å²) in [5, 5.41) is 13.9. The first-order valence-electron chi connectivity index (χ1n) is 6.53. The van der Waals surface area contributed by atoms with Crippen molar-refractivity contribution < 1.29 is 9.90 Å². The van der Waals surface area contributed by atoms with Gasteiger partial charge in [0.2, 0.25) is 0 Å². The van der Waals surface area contributed by atoms with Gasteiger partial charge in [-0.05, 0) is 37.0 Å². The second kappa shape index (κ2) is 6.18. The molecule has 0 aliphatic heterocycles. The molecule has 6 heteroatoms. The minimum absolute atomic E-state index is 0.187. The molecule has 0 bridgehead atoms. The van der Waals surface area contributed by atoms with E-state index in [0.717, 1.165) is 24.8 Å². The smallest absolute Gasteiger partial charge is 0.303 e. The van der Waals surface area contributed by atoms with Crippen LogP contribution in [0.1, 0.15) is 31.2 Å². The summed E-state index contributed by atoms with van der Waals surface area (Å²) in [5.41, 5.74) is 0.351. The van der Waals surface area contributed by atoms with Crippen molar-refractivity contribution >= 4 is 16.7 Å². The Labute approximate surface area is 114 Å². The lowest BCUT2D eigenvalue weighted by molar-refractivity contribution is -0.137. The molecule has 0 saturated heterocycles. The summed E-state index contributed by atoms with van der Waals surface area (Å²) < 4.78 is 0. The minimum atomic E-state index is -0.776. The van der Waals surface area contributed by atoms with Gasteiger partial charge in [-0.15, -0.1) is 0 Å². The molecule has 2 aromatic rings. The van der Waals surface area contributed by atoms with Gasteiger partial charge in [-0.2, -0.15) is 0 Å². The molecule has 106 valence electrons. The van der Waals surface area contributed by atoms with Crippen LogP contribution in [-0.2, 0) is 11.2 Å². The average molecular weight is 276 g/mol. The molecule has 0 fully saturated rings. The van der Waals surface area contributed by atoms with Gasteiger partial charge in [-0.1, -0.05) is 12.5 Å². The molecule has 1 heterocycles. The summed E-state index contributed by atoms with van der Waals surface area (Å²) in [4.78, 5) is 33.5. The first-order valence-corrected chi connectivity index (χ1v) is 6.53. The van der Waals surface area contributed by atoms with Crippen molar-refractivity contribution in [3.05, 3.63) is 44.5 Å². The first-order chi connectivity index (χ1) is 9.58. The normalized spacial score (nSPS) is 10.8. The number of carboxylic acids is 1. The third-order valence-corrected chi connectivity index (χ3v) is 3.22. The number of nitrogens with one attached hydrogen (secondary N) is 2. The Balaban J connectivity index is 2.05. The van der Waals surface area contributed by atoms with Crippen LogP contribution in [0.3, 0.4) is 0 Å². The number of carbonyl (C=O) groups is 1. The highest BCUT2D eigenvalue weighted by molar-refractivity contribution is 5.80. The van der Waals surface area contributed by atoms with Gasteiger partial charge in [0.25, 0.3) is 11.1 Å². The molecule has 0 aliphatic carbocycles. The number of carboxylic acid groups (broad SMARTS) is 1. The van der Waals surface area contributed by atoms with E-state index in [0.29, 0.717) is 17.2 Å². The van der Waals surface area contributed by atoms with Gasteiger partial charge in [-0.25, -0.2) is 0 Å². The van der Waals surface area contributed by atoms with Crippen LogP contribution >= 0.6 is 0 Å². The monoisotopic (exact) mass is 276 g/mol.